The number of rotatable bonds is 5. The summed E-state index contributed by atoms with van der Waals surface area (Å²) < 4.78 is 5.16. The van der Waals surface area contributed by atoms with Crippen LogP contribution in [-0.4, -0.2) is 46.3 Å². The van der Waals surface area contributed by atoms with Gasteiger partial charge in [0, 0.05) is 0 Å². The first-order chi connectivity index (χ1) is 5.49. The van der Waals surface area contributed by atoms with Gasteiger partial charge < -0.3 is 20.1 Å². The molecule has 0 saturated heterocycles. The summed E-state index contributed by atoms with van der Waals surface area (Å²) in [5.74, 6) is 0. The first-order valence-corrected chi connectivity index (χ1v) is 4.11. The van der Waals surface area contributed by atoms with E-state index in [4.69, 9.17) is 14.9 Å². The molecule has 0 amide bonds. The molecule has 0 aromatic heterocycles. The summed E-state index contributed by atoms with van der Waals surface area (Å²) in [6.45, 7) is 4.77. The number of hydrogen-bond donors (Lipinski definition) is 3. The average molecular weight is 178 g/mol. The highest BCUT2D eigenvalue weighted by atomic mass is 16.5. The Morgan fingerprint density at radius 1 is 1.17 bits per heavy atom. The van der Waals surface area contributed by atoms with Crippen LogP contribution in [0.2, 0.25) is 0 Å². The lowest BCUT2D eigenvalue weighted by atomic mass is 10.1. The molecule has 74 valence electrons. The van der Waals surface area contributed by atoms with Gasteiger partial charge in [-0.15, -0.1) is 0 Å². The fraction of sp³-hybridized carbons (Fsp3) is 1.00. The van der Waals surface area contributed by atoms with Gasteiger partial charge >= 0.3 is 0 Å². The van der Waals surface area contributed by atoms with Crippen molar-refractivity contribution in [3.8, 4) is 0 Å². The van der Waals surface area contributed by atoms with E-state index in [0.29, 0.717) is 0 Å². The minimum Gasteiger partial charge on any atom is -0.394 e. The predicted molar refractivity (Wildman–Crippen MR) is 44.8 cm³/mol. The van der Waals surface area contributed by atoms with Gasteiger partial charge in [0.15, 0.2) is 0 Å². The molecule has 3 N–H and O–H groups in total. The lowest BCUT2D eigenvalue weighted by Gasteiger charge is -2.25. The Morgan fingerprint density at radius 2 is 1.67 bits per heavy atom. The summed E-state index contributed by atoms with van der Waals surface area (Å²) in [4.78, 5) is 0. The van der Waals surface area contributed by atoms with E-state index in [2.05, 4.69) is 0 Å². The molecular formula is C8H18O4. The van der Waals surface area contributed by atoms with E-state index in [0.717, 1.165) is 0 Å². The second-order valence-corrected chi connectivity index (χ2v) is 3.14. The largest absolute Gasteiger partial charge is 0.394 e. The molecule has 0 aromatic carbocycles. The summed E-state index contributed by atoms with van der Waals surface area (Å²) in [5, 5.41) is 27.1. The minimum absolute atomic E-state index is 0.0736. The van der Waals surface area contributed by atoms with Gasteiger partial charge in [-0.25, -0.2) is 0 Å². The third kappa shape index (κ3) is 4.01. The van der Waals surface area contributed by atoms with Crippen molar-refractivity contribution in [3.05, 3.63) is 0 Å². The predicted octanol–water partition coefficient (Wildman–Crippen LogP) is -0.486. The van der Waals surface area contributed by atoms with E-state index in [1.807, 2.05) is 0 Å². The first-order valence-electron chi connectivity index (χ1n) is 4.11. The van der Waals surface area contributed by atoms with Crippen molar-refractivity contribution in [2.75, 3.05) is 6.61 Å². The molecule has 0 saturated carbocycles. The molecule has 0 fully saturated rings. The quantitative estimate of drug-likeness (QED) is 0.531. The van der Waals surface area contributed by atoms with Crippen LogP contribution < -0.4 is 0 Å². The molecule has 3 atom stereocenters. The summed E-state index contributed by atoms with van der Waals surface area (Å²) >= 11 is 0. The van der Waals surface area contributed by atoms with E-state index < -0.39 is 18.3 Å². The highest BCUT2D eigenvalue weighted by molar-refractivity contribution is 4.73. The molecule has 0 aromatic rings. The monoisotopic (exact) mass is 178 g/mol. The minimum atomic E-state index is -1.03. The highest BCUT2D eigenvalue weighted by Crippen LogP contribution is 2.06. The van der Waals surface area contributed by atoms with Gasteiger partial charge in [0.05, 0.1) is 18.8 Å². The van der Waals surface area contributed by atoms with Gasteiger partial charge in [-0.2, -0.15) is 0 Å². The Hall–Kier alpha value is -0.160. The topological polar surface area (TPSA) is 69.9 Å². The molecule has 0 heterocycles. The molecule has 0 aliphatic heterocycles. The molecule has 4 nitrogen and oxygen atoms in total. The van der Waals surface area contributed by atoms with E-state index in [-0.39, 0.29) is 12.7 Å². The van der Waals surface area contributed by atoms with Crippen molar-refractivity contribution >= 4 is 0 Å². The summed E-state index contributed by atoms with van der Waals surface area (Å²) in [6, 6.07) is 0. The Kier molecular flexibility index (Phi) is 5.41. The zero-order valence-corrected chi connectivity index (χ0v) is 7.77. The molecule has 0 bridgehead atoms. The smallest absolute Gasteiger partial charge is 0.109 e. The second-order valence-electron chi connectivity index (χ2n) is 3.14. The van der Waals surface area contributed by atoms with E-state index in [1.165, 1.54) is 6.92 Å². The van der Waals surface area contributed by atoms with Crippen LogP contribution in [0.25, 0.3) is 0 Å². The average Bonchev–Trinajstić information content (AvgIpc) is 1.98. The lowest BCUT2D eigenvalue weighted by molar-refractivity contribution is -0.119. The van der Waals surface area contributed by atoms with Crippen LogP contribution in [0.15, 0.2) is 0 Å². The van der Waals surface area contributed by atoms with E-state index in [1.54, 1.807) is 13.8 Å². The maximum Gasteiger partial charge on any atom is 0.109 e. The molecule has 0 rings (SSSR count). The van der Waals surface area contributed by atoms with Gasteiger partial charge in [0.1, 0.15) is 12.2 Å². The van der Waals surface area contributed by atoms with Crippen LogP contribution in [0.3, 0.4) is 0 Å². The van der Waals surface area contributed by atoms with Crippen LogP contribution in [0, 0.1) is 0 Å². The molecule has 4 heteroatoms. The van der Waals surface area contributed by atoms with Gasteiger partial charge in [-0.05, 0) is 20.8 Å². The van der Waals surface area contributed by atoms with Crippen LogP contribution in [0.4, 0.5) is 0 Å². The molecule has 0 aliphatic carbocycles. The van der Waals surface area contributed by atoms with Gasteiger partial charge in [-0.3, -0.25) is 0 Å². The van der Waals surface area contributed by atoms with Crippen molar-refractivity contribution in [1.82, 2.24) is 0 Å². The standard InChI is InChI=1S/C8H18O4/c1-5(2)12-7(4-9)8(11)6(3)10/h5-11H,4H2,1-3H3/t6-,7?,8?/m0/s1. The number of aliphatic hydroxyl groups is 3. The van der Waals surface area contributed by atoms with Crippen molar-refractivity contribution in [2.24, 2.45) is 0 Å². The lowest BCUT2D eigenvalue weighted by Crippen LogP contribution is -2.41. The third-order valence-electron chi connectivity index (χ3n) is 1.50. The Balaban J connectivity index is 3.96. The Labute approximate surface area is 72.8 Å². The van der Waals surface area contributed by atoms with Crippen molar-refractivity contribution in [3.63, 3.8) is 0 Å². The normalized spacial score (nSPS) is 19.2. The van der Waals surface area contributed by atoms with Crippen molar-refractivity contribution in [2.45, 2.75) is 45.2 Å². The van der Waals surface area contributed by atoms with Crippen LogP contribution >= 0.6 is 0 Å². The Morgan fingerprint density at radius 3 is 1.92 bits per heavy atom. The summed E-state index contributed by atoms with van der Waals surface area (Å²) in [7, 11) is 0. The molecule has 0 aliphatic rings. The van der Waals surface area contributed by atoms with E-state index >= 15 is 0 Å². The van der Waals surface area contributed by atoms with Gasteiger partial charge in [-0.1, -0.05) is 0 Å². The van der Waals surface area contributed by atoms with Gasteiger partial charge in [0.25, 0.3) is 0 Å². The van der Waals surface area contributed by atoms with Crippen molar-refractivity contribution < 1.29 is 20.1 Å². The number of hydrogen-bond acceptors (Lipinski definition) is 4. The fourth-order valence-electron chi connectivity index (χ4n) is 0.892. The third-order valence-corrected chi connectivity index (χ3v) is 1.50. The maximum absolute atomic E-state index is 9.30. The zero-order chi connectivity index (χ0) is 9.72. The van der Waals surface area contributed by atoms with Crippen LogP contribution in [-0.2, 0) is 4.74 Å². The highest BCUT2D eigenvalue weighted by Gasteiger charge is 2.24. The molecular weight excluding hydrogens is 160 g/mol. The fourth-order valence-corrected chi connectivity index (χ4v) is 0.892. The number of ether oxygens (including phenoxy) is 1. The summed E-state index contributed by atoms with van der Waals surface area (Å²) in [6.07, 6.45) is -2.70. The molecule has 0 radical (unpaired) electrons. The second kappa shape index (κ2) is 5.48. The maximum atomic E-state index is 9.30. The summed E-state index contributed by atoms with van der Waals surface area (Å²) in [5.41, 5.74) is 0. The molecule has 12 heavy (non-hydrogen) atoms. The van der Waals surface area contributed by atoms with Crippen LogP contribution in [0.1, 0.15) is 20.8 Å². The first kappa shape index (κ1) is 11.8. The Bertz CT molecular complexity index is 114. The number of aliphatic hydroxyl groups excluding tert-OH is 3. The van der Waals surface area contributed by atoms with Gasteiger partial charge in [0.2, 0.25) is 0 Å². The zero-order valence-electron chi connectivity index (χ0n) is 7.77. The molecule has 0 spiro atoms. The molecule has 2 unspecified atom stereocenters. The van der Waals surface area contributed by atoms with E-state index in [9.17, 15) is 5.11 Å². The van der Waals surface area contributed by atoms with Crippen molar-refractivity contribution in [1.29, 1.82) is 0 Å². The van der Waals surface area contributed by atoms with Crippen LogP contribution in [0.5, 0.6) is 0 Å². The SMILES string of the molecule is CC(C)OC(CO)C(O)[C@H](C)O.